The van der Waals surface area contributed by atoms with Gasteiger partial charge in [-0.3, -0.25) is 0 Å². The van der Waals surface area contributed by atoms with E-state index in [2.05, 4.69) is 61.9 Å². The van der Waals surface area contributed by atoms with Gasteiger partial charge < -0.3 is 0 Å². The maximum Gasteiger partial charge on any atom is 0.240 e. The second-order valence-corrected chi connectivity index (χ2v) is 10.2. The molecular formula is C25H29NO2S. The van der Waals surface area contributed by atoms with Crippen molar-refractivity contribution in [3.63, 3.8) is 0 Å². The van der Waals surface area contributed by atoms with Gasteiger partial charge in [0.15, 0.2) is 0 Å². The molecule has 0 aromatic heterocycles. The summed E-state index contributed by atoms with van der Waals surface area (Å²) in [6.07, 6.45) is 0.627. The molecule has 0 heterocycles. The molecule has 0 saturated heterocycles. The first-order chi connectivity index (χ1) is 13.7. The molecule has 3 aromatic rings. The lowest BCUT2D eigenvalue weighted by molar-refractivity contribution is 0.581. The van der Waals surface area contributed by atoms with Crippen LogP contribution in [0.3, 0.4) is 0 Å². The van der Waals surface area contributed by atoms with Crippen LogP contribution in [0.25, 0.3) is 11.1 Å². The van der Waals surface area contributed by atoms with E-state index in [0.29, 0.717) is 17.9 Å². The smallest absolute Gasteiger partial charge is 0.211 e. The molecule has 0 radical (unpaired) electrons. The van der Waals surface area contributed by atoms with Gasteiger partial charge in [0.1, 0.15) is 0 Å². The highest BCUT2D eigenvalue weighted by atomic mass is 32.2. The molecule has 0 atom stereocenters. The number of sulfonamides is 1. The first kappa shape index (κ1) is 21.3. The minimum absolute atomic E-state index is 0.117. The molecule has 0 aliphatic carbocycles. The first-order valence-electron chi connectivity index (χ1n) is 9.92. The molecule has 0 aliphatic heterocycles. The van der Waals surface area contributed by atoms with Crippen LogP contribution in [0.15, 0.2) is 77.7 Å². The normalized spacial score (nSPS) is 12.1. The van der Waals surface area contributed by atoms with Gasteiger partial charge >= 0.3 is 0 Å². The van der Waals surface area contributed by atoms with Gasteiger partial charge in [0.25, 0.3) is 0 Å². The van der Waals surface area contributed by atoms with Gasteiger partial charge in [0.2, 0.25) is 10.0 Å². The molecule has 0 saturated carbocycles. The van der Waals surface area contributed by atoms with Gasteiger partial charge in [-0.05, 0) is 53.1 Å². The zero-order valence-corrected chi connectivity index (χ0v) is 18.4. The van der Waals surface area contributed by atoms with Crippen molar-refractivity contribution in [3.8, 4) is 11.1 Å². The molecule has 0 aliphatic rings. The van der Waals surface area contributed by atoms with Crippen molar-refractivity contribution in [3.05, 3.63) is 89.5 Å². The molecule has 152 valence electrons. The summed E-state index contributed by atoms with van der Waals surface area (Å²) in [4.78, 5) is 0.300. The fourth-order valence-corrected chi connectivity index (χ4v) is 4.32. The van der Waals surface area contributed by atoms with E-state index in [1.165, 1.54) is 5.56 Å². The maximum atomic E-state index is 12.5. The van der Waals surface area contributed by atoms with Crippen LogP contribution in [0.2, 0.25) is 0 Å². The van der Waals surface area contributed by atoms with Crippen molar-refractivity contribution >= 4 is 10.0 Å². The largest absolute Gasteiger partial charge is 0.240 e. The fraction of sp³-hybridized carbons (Fsp3) is 0.280. The number of rotatable bonds is 6. The third-order valence-electron chi connectivity index (χ3n) is 5.10. The van der Waals surface area contributed by atoms with Crippen molar-refractivity contribution in [2.75, 3.05) is 6.54 Å². The third kappa shape index (κ3) is 5.34. The Bertz CT molecular complexity index is 1060. The average molecular weight is 408 g/mol. The Hall–Kier alpha value is -2.43. The lowest BCUT2D eigenvalue weighted by Crippen LogP contribution is -2.26. The Balaban J connectivity index is 1.74. The fourth-order valence-electron chi connectivity index (χ4n) is 3.29. The van der Waals surface area contributed by atoms with E-state index in [4.69, 9.17) is 0 Å². The standard InChI is InChI=1S/C25H29NO2S/c1-19-9-15-23(16-10-19)29(27,28)26-18-17-20-7-5-6-8-24(20)21-11-13-22(14-12-21)25(2,3)4/h5-16,26H,17-18H2,1-4H3. The van der Waals surface area contributed by atoms with Crippen molar-refractivity contribution in [1.29, 1.82) is 0 Å². The quantitative estimate of drug-likeness (QED) is 0.588. The lowest BCUT2D eigenvalue weighted by atomic mass is 9.86. The summed E-state index contributed by atoms with van der Waals surface area (Å²) in [5, 5.41) is 0. The number of hydrogen-bond donors (Lipinski definition) is 1. The van der Waals surface area contributed by atoms with Gasteiger partial charge in [-0.1, -0.05) is 87.0 Å². The molecule has 1 N–H and O–H groups in total. The molecule has 0 fully saturated rings. The van der Waals surface area contributed by atoms with Gasteiger partial charge in [0, 0.05) is 6.54 Å². The highest BCUT2D eigenvalue weighted by Gasteiger charge is 2.15. The lowest BCUT2D eigenvalue weighted by Gasteiger charge is -2.19. The topological polar surface area (TPSA) is 46.2 Å². The molecule has 0 amide bonds. The highest BCUT2D eigenvalue weighted by molar-refractivity contribution is 7.89. The van der Waals surface area contributed by atoms with Crippen molar-refractivity contribution in [1.82, 2.24) is 4.72 Å². The molecule has 3 rings (SSSR count). The Labute approximate surface area is 174 Å². The van der Waals surface area contributed by atoms with Crippen LogP contribution in [0.5, 0.6) is 0 Å². The summed E-state index contributed by atoms with van der Waals surface area (Å²) in [5.74, 6) is 0. The van der Waals surface area contributed by atoms with E-state index in [9.17, 15) is 8.42 Å². The summed E-state index contributed by atoms with van der Waals surface area (Å²) >= 11 is 0. The van der Waals surface area contributed by atoms with E-state index >= 15 is 0 Å². The van der Waals surface area contributed by atoms with Crippen LogP contribution in [-0.4, -0.2) is 15.0 Å². The molecule has 0 spiro atoms. The van der Waals surface area contributed by atoms with E-state index in [0.717, 1.165) is 22.3 Å². The minimum Gasteiger partial charge on any atom is -0.211 e. The summed E-state index contributed by atoms with van der Waals surface area (Å²) in [6.45, 7) is 8.91. The van der Waals surface area contributed by atoms with Gasteiger partial charge in [-0.2, -0.15) is 0 Å². The monoisotopic (exact) mass is 407 g/mol. The molecular weight excluding hydrogens is 378 g/mol. The van der Waals surface area contributed by atoms with E-state index < -0.39 is 10.0 Å². The van der Waals surface area contributed by atoms with Gasteiger partial charge in [0.05, 0.1) is 4.90 Å². The highest BCUT2D eigenvalue weighted by Crippen LogP contribution is 2.28. The second kappa shape index (κ2) is 8.52. The van der Waals surface area contributed by atoms with Crippen molar-refractivity contribution in [2.24, 2.45) is 0 Å². The van der Waals surface area contributed by atoms with Gasteiger partial charge in [-0.25, -0.2) is 13.1 Å². The van der Waals surface area contributed by atoms with Gasteiger partial charge in [-0.15, -0.1) is 0 Å². The third-order valence-corrected chi connectivity index (χ3v) is 6.57. The average Bonchev–Trinajstić information content (AvgIpc) is 2.68. The molecule has 3 nitrogen and oxygen atoms in total. The second-order valence-electron chi connectivity index (χ2n) is 8.45. The van der Waals surface area contributed by atoms with Crippen LogP contribution in [0.4, 0.5) is 0 Å². The van der Waals surface area contributed by atoms with Crippen LogP contribution in [-0.2, 0) is 21.9 Å². The Kier molecular flexibility index (Phi) is 6.25. The summed E-state index contributed by atoms with van der Waals surface area (Å²) < 4.78 is 27.7. The van der Waals surface area contributed by atoms with E-state index in [-0.39, 0.29) is 5.41 Å². The van der Waals surface area contributed by atoms with Crippen molar-refractivity contribution < 1.29 is 8.42 Å². The molecule has 0 bridgehead atoms. The number of benzene rings is 3. The maximum absolute atomic E-state index is 12.5. The first-order valence-corrected chi connectivity index (χ1v) is 11.4. The summed E-state index contributed by atoms with van der Waals surface area (Å²) in [5.41, 5.74) is 5.87. The zero-order valence-electron chi connectivity index (χ0n) is 17.6. The Morgan fingerprint density at radius 2 is 1.45 bits per heavy atom. The molecule has 4 heteroatoms. The van der Waals surface area contributed by atoms with E-state index in [1.807, 2.05) is 31.2 Å². The number of aryl methyl sites for hydroxylation is 1. The van der Waals surface area contributed by atoms with Crippen LogP contribution in [0.1, 0.15) is 37.5 Å². The summed E-state index contributed by atoms with van der Waals surface area (Å²) in [6, 6.07) is 23.7. The number of hydrogen-bond acceptors (Lipinski definition) is 2. The summed E-state index contributed by atoms with van der Waals surface area (Å²) in [7, 11) is -3.50. The van der Waals surface area contributed by atoms with Crippen LogP contribution >= 0.6 is 0 Å². The van der Waals surface area contributed by atoms with E-state index in [1.54, 1.807) is 12.1 Å². The van der Waals surface area contributed by atoms with Crippen LogP contribution < -0.4 is 4.72 Å². The predicted molar refractivity (Wildman–Crippen MR) is 121 cm³/mol. The van der Waals surface area contributed by atoms with Crippen LogP contribution in [0, 0.1) is 6.92 Å². The zero-order chi connectivity index (χ0) is 21.1. The molecule has 3 aromatic carbocycles. The van der Waals surface area contributed by atoms with Crippen molar-refractivity contribution in [2.45, 2.75) is 44.4 Å². The molecule has 0 unspecified atom stereocenters. The molecule has 29 heavy (non-hydrogen) atoms. The minimum atomic E-state index is -3.50. The Morgan fingerprint density at radius 1 is 0.828 bits per heavy atom. The predicted octanol–water partition coefficient (Wildman–Crippen LogP) is 5.48. The number of nitrogens with one attached hydrogen (secondary N) is 1. The Morgan fingerprint density at radius 3 is 2.07 bits per heavy atom. The SMILES string of the molecule is Cc1ccc(S(=O)(=O)NCCc2ccccc2-c2ccc(C(C)(C)C)cc2)cc1.